The van der Waals surface area contributed by atoms with E-state index >= 15 is 4.39 Å². The number of ether oxygens (including phenoxy) is 1. The van der Waals surface area contributed by atoms with Gasteiger partial charge in [-0.3, -0.25) is 9.59 Å². The van der Waals surface area contributed by atoms with E-state index < -0.39 is 5.67 Å². The highest BCUT2D eigenvalue weighted by Crippen LogP contribution is 2.37. The number of likely N-dealkylation sites (tertiary alicyclic amines) is 1. The molecule has 0 unspecified atom stereocenters. The molecular formula is C32H33FN4O3. The van der Waals surface area contributed by atoms with Crippen LogP contribution in [0.5, 0.6) is 0 Å². The maximum absolute atomic E-state index is 15.8. The van der Waals surface area contributed by atoms with Gasteiger partial charge in [-0.15, -0.1) is 6.42 Å². The Bertz CT molecular complexity index is 1430. The Labute approximate surface area is 234 Å². The van der Waals surface area contributed by atoms with Gasteiger partial charge in [0.15, 0.2) is 0 Å². The van der Waals surface area contributed by atoms with E-state index in [-0.39, 0.29) is 24.7 Å². The van der Waals surface area contributed by atoms with Gasteiger partial charge in [0, 0.05) is 62.0 Å². The standard InChI is InChI=1S/C32H33FN4O3/c1-4-24-5-8-26(9-6-24)32(33)11-13-37(14-12-32)31(39)27-20-28(23(3)19-22(27)2)35-30(38)25-7-10-29(34-21-25)36-15-17-40-18-16-36/h1,5-10,19-21H,11-18H2,2-3H3,(H,35,38). The van der Waals surface area contributed by atoms with E-state index in [9.17, 15) is 9.59 Å². The second-order valence-corrected chi connectivity index (χ2v) is 10.4. The first-order valence-corrected chi connectivity index (χ1v) is 13.5. The van der Waals surface area contributed by atoms with Crippen LogP contribution in [-0.4, -0.2) is 61.1 Å². The number of benzene rings is 2. The summed E-state index contributed by atoms with van der Waals surface area (Å²) in [6, 6.07) is 14.1. The van der Waals surface area contributed by atoms with Crippen molar-refractivity contribution < 1.29 is 18.7 Å². The SMILES string of the molecule is C#Cc1ccc(C2(F)CCN(C(=O)c3cc(NC(=O)c4ccc(N5CCOCC5)nc4)c(C)cc3C)CC2)cc1. The van der Waals surface area contributed by atoms with Crippen LogP contribution in [-0.2, 0) is 10.4 Å². The molecule has 2 fully saturated rings. The summed E-state index contributed by atoms with van der Waals surface area (Å²) in [5.74, 6) is 2.88. The number of alkyl halides is 1. The minimum atomic E-state index is -1.50. The summed E-state index contributed by atoms with van der Waals surface area (Å²) >= 11 is 0. The Balaban J connectivity index is 1.26. The molecule has 7 nitrogen and oxygen atoms in total. The van der Waals surface area contributed by atoms with Crippen LogP contribution in [0.15, 0.2) is 54.7 Å². The van der Waals surface area contributed by atoms with E-state index in [1.54, 1.807) is 47.5 Å². The number of aryl methyl sites for hydroxylation is 2. The van der Waals surface area contributed by atoms with Crippen LogP contribution in [0.25, 0.3) is 0 Å². The van der Waals surface area contributed by atoms with Crippen molar-refractivity contribution in [2.45, 2.75) is 32.4 Å². The molecule has 0 saturated carbocycles. The zero-order chi connectivity index (χ0) is 28.3. The van der Waals surface area contributed by atoms with Crippen molar-refractivity contribution in [3.8, 4) is 12.3 Å². The number of morpholine rings is 1. The molecule has 2 amide bonds. The van der Waals surface area contributed by atoms with Crippen LogP contribution in [0, 0.1) is 26.2 Å². The van der Waals surface area contributed by atoms with Crippen molar-refractivity contribution in [2.75, 3.05) is 49.6 Å². The molecule has 40 heavy (non-hydrogen) atoms. The number of halogens is 1. The minimum absolute atomic E-state index is 0.172. The monoisotopic (exact) mass is 540 g/mol. The maximum Gasteiger partial charge on any atom is 0.257 e. The lowest BCUT2D eigenvalue weighted by atomic mass is 9.85. The molecule has 2 aliphatic rings. The van der Waals surface area contributed by atoms with Gasteiger partial charge in [-0.2, -0.15) is 0 Å². The molecule has 0 atom stereocenters. The topological polar surface area (TPSA) is 74.8 Å². The van der Waals surface area contributed by atoms with Crippen molar-refractivity contribution in [1.82, 2.24) is 9.88 Å². The van der Waals surface area contributed by atoms with Crippen LogP contribution in [0.3, 0.4) is 0 Å². The lowest BCUT2D eigenvalue weighted by molar-refractivity contribution is 0.0421. The van der Waals surface area contributed by atoms with Crippen molar-refractivity contribution in [1.29, 1.82) is 0 Å². The lowest BCUT2D eigenvalue weighted by Crippen LogP contribution is -2.43. The number of nitrogens with one attached hydrogen (secondary N) is 1. The molecule has 206 valence electrons. The zero-order valence-electron chi connectivity index (χ0n) is 22.9. The number of hydrogen-bond acceptors (Lipinski definition) is 5. The highest BCUT2D eigenvalue weighted by atomic mass is 19.1. The van der Waals surface area contributed by atoms with Crippen LogP contribution in [0.2, 0.25) is 0 Å². The van der Waals surface area contributed by atoms with E-state index in [1.807, 2.05) is 26.0 Å². The number of carbonyl (C=O) groups is 2. The molecule has 8 heteroatoms. The summed E-state index contributed by atoms with van der Waals surface area (Å²) in [5, 5.41) is 2.94. The predicted molar refractivity (Wildman–Crippen MR) is 153 cm³/mol. The Morgan fingerprint density at radius 2 is 1.70 bits per heavy atom. The van der Waals surface area contributed by atoms with Gasteiger partial charge >= 0.3 is 0 Å². The maximum atomic E-state index is 15.8. The predicted octanol–water partition coefficient (Wildman–Crippen LogP) is 4.87. The quantitative estimate of drug-likeness (QED) is 0.468. The molecule has 2 saturated heterocycles. The average Bonchev–Trinajstić information content (AvgIpc) is 2.99. The number of amides is 2. The third kappa shape index (κ3) is 5.70. The van der Waals surface area contributed by atoms with E-state index in [0.717, 1.165) is 30.0 Å². The molecule has 5 rings (SSSR count). The molecule has 3 heterocycles. The number of carbonyl (C=O) groups excluding carboxylic acids is 2. The molecule has 0 aliphatic carbocycles. The van der Waals surface area contributed by atoms with Gasteiger partial charge in [0.05, 0.1) is 18.8 Å². The smallest absolute Gasteiger partial charge is 0.257 e. The number of anilines is 2. The van der Waals surface area contributed by atoms with Crippen molar-refractivity contribution in [3.63, 3.8) is 0 Å². The zero-order valence-corrected chi connectivity index (χ0v) is 22.9. The Hall–Kier alpha value is -4.22. The number of rotatable bonds is 5. The van der Waals surface area contributed by atoms with Crippen LogP contribution in [0.4, 0.5) is 15.9 Å². The molecule has 1 N–H and O–H groups in total. The average molecular weight is 541 g/mol. The fourth-order valence-electron chi connectivity index (χ4n) is 5.30. The first-order valence-electron chi connectivity index (χ1n) is 13.5. The number of piperidine rings is 1. The fourth-order valence-corrected chi connectivity index (χ4v) is 5.30. The van der Waals surface area contributed by atoms with Gasteiger partial charge in [0.1, 0.15) is 11.5 Å². The number of hydrogen-bond donors (Lipinski definition) is 1. The van der Waals surface area contributed by atoms with E-state index in [2.05, 4.69) is 21.1 Å². The molecule has 0 bridgehead atoms. The summed E-state index contributed by atoms with van der Waals surface area (Å²) in [7, 11) is 0. The molecule has 0 radical (unpaired) electrons. The molecule has 2 aliphatic heterocycles. The number of nitrogens with zero attached hydrogens (tertiary/aromatic N) is 3. The van der Waals surface area contributed by atoms with Crippen molar-refractivity contribution in [2.24, 2.45) is 0 Å². The second-order valence-electron chi connectivity index (χ2n) is 10.4. The minimum Gasteiger partial charge on any atom is -0.378 e. The number of pyridine rings is 1. The summed E-state index contributed by atoms with van der Waals surface area (Å²) in [6.07, 6.45) is 7.39. The molecule has 3 aromatic rings. The molecule has 0 spiro atoms. The summed E-state index contributed by atoms with van der Waals surface area (Å²) < 4.78 is 21.1. The lowest BCUT2D eigenvalue weighted by Gasteiger charge is -2.37. The van der Waals surface area contributed by atoms with Crippen molar-refractivity contribution in [3.05, 3.63) is 88.1 Å². The van der Waals surface area contributed by atoms with Crippen LogP contribution in [0.1, 0.15) is 55.8 Å². The van der Waals surface area contributed by atoms with Crippen LogP contribution >= 0.6 is 0 Å². The van der Waals surface area contributed by atoms with E-state index in [0.29, 0.717) is 54.2 Å². The molecular weight excluding hydrogens is 507 g/mol. The Kier molecular flexibility index (Phi) is 7.85. The van der Waals surface area contributed by atoms with Crippen molar-refractivity contribution >= 4 is 23.3 Å². The third-order valence-corrected chi connectivity index (χ3v) is 7.81. The van der Waals surface area contributed by atoms with Gasteiger partial charge in [-0.1, -0.05) is 24.1 Å². The fraction of sp³-hybridized carbons (Fsp3) is 0.344. The summed E-state index contributed by atoms with van der Waals surface area (Å²) in [4.78, 5) is 34.8. The van der Waals surface area contributed by atoms with Gasteiger partial charge in [0.2, 0.25) is 0 Å². The largest absolute Gasteiger partial charge is 0.378 e. The summed E-state index contributed by atoms with van der Waals surface area (Å²) in [5.41, 5.74) is 2.91. The molecule has 2 aromatic carbocycles. The Morgan fingerprint density at radius 1 is 1.00 bits per heavy atom. The third-order valence-electron chi connectivity index (χ3n) is 7.81. The summed E-state index contributed by atoms with van der Waals surface area (Å²) in [6.45, 7) is 7.19. The first-order chi connectivity index (χ1) is 19.3. The second kappa shape index (κ2) is 11.5. The van der Waals surface area contributed by atoms with Gasteiger partial charge in [0.25, 0.3) is 11.8 Å². The van der Waals surface area contributed by atoms with Crippen LogP contribution < -0.4 is 10.2 Å². The Morgan fingerprint density at radius 3 is 2.33 bits per heavy atom. The van der Waals surface area contributed by atoms with Gasteiger partial charge < -0.3 is 19.9 Å². The van der Waals surface area contributed by atoms with Gasteiger partial charge in [-0.05, 0) is 60.9 Å². The van der Waals surface area contributed by atoms with E-state index in [1.165, 1.54) is 0 Å². The van der Waals surface area contributed by atoms with E-state index in [4.69, 9.17) is 11.2 Å². The number of aromatic nitrogens is 1. The highest BCUT2D eigenvalue weighted by molar-refractivity contribution is 6.05. The van der Waals surface area contributed by atoms with Gasteiger partial charge in [-0.25, -0.2) is 9.37 Å². The highest BCUT2D eigenvalue weighted by Gasteiger charge is 2.38. The normalized spacial score (nSPS) is 16.8. The molecule has 1 aromatic heterocycles. The first kappa shape index (κ1) is 27.4. The number of terminal acetylenes is 1.